The molecule has 0 unspecified atom stereocenters. The van der Waals surface area contributed by atoms with Crippen LogP contribution in [-0.2, 0) is 4.74 Å². The summed E-state index contributed by atoms with van der Waals surface area (Å²) in [6.07, 6.45) is 19.2. The van der Waals surface area contributed by atoms with Crippen LogP contribution in [0.15, 0.2) is 12.8 Å². The first kappa shape index (κ1) is 16.9. The Hall–Kier alpha value is -0.460. The molecule has 0 spiro atoms. The Morgan fingerprint density at radius 1 is 0.857 bits per heavy atom. The molecule has 1 nitrogen and oxygen atoms in total. The molecule has 1 heteroatoms. The van der Waals surface area contributed by atoms with Crippen LogP contribution in [0.4, 0.5) is 0 Å². The first-order valence-corrected chi connectivity index (χ1v) is 9.56. The van der Waals surface area contributed by atoms with E-state index < -0.39 is 0 Å². The van der Waals surface area contributed by atoms with E-state index in [4.69, 9.17) is 4.74 Å². The van der Waals surface area contributed by atoms with Gasteiger partial charge in [0.2, 0.25) is 0 Å². The van der Waals surface area contributed by atoms with E-state index in [9.17, 15) is 0 Å². The molecule has 0 aromatic rings. The summed E-state index contributed by atoms with van der Waals surface area (Å²) in [5.41, 5.74) is 0. The number of ether oxygens (including phenoxy) is 1. The van der Waals surface area contributed by atoms with E-state index in [2.05, 4.69) is 13.5 Å². The fourth-order valence-corrected chi connectivity index (χ4v) is 4.66. The van der Waals surface area contributed by atoms with Gasteiger partial charge in [-0.3, -0.25) is 0 Å². The van der Waals surface area contributed by atoms with Crippen LogP contribution in [0, 0.1) is 23.7 Å². The van der Waals surface area contributed by atoms with Crippen LogP contribution in [-0.4, -0.2) is 6.61 Å². The van der Waals surface area contributed by atoms with Gasteiger partial charge in [-0.05, 0) is 62.2 Å². The Labute approximate surface area is 132 Å². The predicted molar refractivity (Wildman–Crippen MR) is 91.2 cm³/mol. The van der Waals surface area contributed by atoms with Gasteiger partial charge in [-0.25, -0.2) is 0 Å². The molecule has 2 rings (SSSR count). The Balaban J connectivity index is 1.61. The molecule has 0 amide bonds. The highest BCUT2D eigenvalue weighted by molar-refractivity contribution is 4.82. The summed E-state index contributed by atoms with van der Waals surface area (Å²) < 4.78 is 5.38. The molecule has 0 radical (unpaired) electrons. The van der Waals surface area contributed by atoms with E-state index in [0.29, 0.717) is 0 Å². The quantitative estimate of drug-likeness (QED) is 0.374. The van der Waals surface area contributed by atoms with Gasteiger partial charge >= 0.3 is 0 Å². The zero-order chi connectivity index (χ0) is 14.9. The molecular formula is C20H36O. The average molecular weight is 293 g/mol. The molecule has 2 aliphatic carbocycles. The van der Waals surface area contributed by atoms with E-state index in [1.807, 2.05) is 0 Å². The summed E-state index contributed by atoms with van der Waals surface area (Å²) in [6.45, 7) is 6.86. The van der Waals surface area contributed by atoms with Crippen molar-refractivity contribution in [2.24, 2.45) is 23.7 Å². The highest BCUT2D eigenvalue weighted by Crippen LogP contribution is 2.42. The molecule has 0 bridgehead atoms. The maximum absolute atomic E-state index is 5.38. The van der Waals surface area contributed by atoms with Crippen LogP contribution >= 0.6 is 0 Å². The number of unbranched alkanes of at least 4 members (excludes halogenated alkanes) is 2. The predicted octanol–water partition coefficient (Wildman–Crippen LogP) is 6.34. The van der Waals surface area contributed by atoms with Crippen LogP contribution < -0.4 is 0 Å². The van der Waals surface area contributed by atoms with E-state index >= 15 is 0 Å². The average Bonchev–Trinajstić information content (AvgIpc) is 2.54. The van der Waals surface area contributed by atoms with Gasteiger partial charge in [0, 0.05) is 0 Å². The normalized spacial score (nSPS) is 33.6. The largest absolute Gasteiger partial charge is 0.502 e. The van der Waals surface area contributed by atoms with Crippen molar-refractivity contribution in [3.8, 4) is 0 Å². The van der Waals surface area contributed by atoms with Gasteiger partial charge in [0.25, 0.3) is 0 Å². The Morgan fingerprint density at radius 3 is 1.95 bits per heavy atom. The van der Waals surface area contributed by atoms with E-state index in [-0.39, 0.29) is 0 Å². The molecule has 21 heavy (non-hydrogen) atoms. The molecule has 0 aromatic carbocycles. The maximum Gasteiger partial charge on any atom is 0.0901 e. The lowest BCUT2D eigenvalue weighted by molar-refractivity contribution is 0.108. The Kier molecular flexibility index (Phi) is 7.68. The minimum atomic E-state index is 0.796. The second kappa shape index (κ2) is 9.54. The Morgan fingerprint density at radius 2 is 1.43 bits per heavy atom. The zero-order valence-electron chi connectivity index (χ0n) is 14.2. The van der Waals surface area contributed by atoms with E-state index in [1.165, 1.54) is 77.0 Å². The number of hydrogen-bond acceptors (Lipinski definition) is 1. The molecule has 122 valence electrons. The van der Waals surface area contributed by atoms with Crippen LogP contribution in [0.2, 0.25) is 0 Å². The summed E-state index contributed by atoms with van der Waals surface area (Å²) in [6, 6.07) is 0. The third-order valence-corrected chi connectivity index (χ3v) is 6.12. The number of rotatable bonds is 8. The SMILES string of the molecule is C=COCC1CCC(C2CCC(CCCCC)CC2)CC1. The molecule has 0 N–H and O–H groups in total. The topological polar surface area (TPSA) is 9.23 Å². The van der Waals surface area contributed by atoms with Crippen molar-refractivity contribution in [1.82, 2.24) is 0 Å². The molecule has 0 saturated heterocycles. The van der Waals surface area contributed by atoms with Crippen molar-refractivity contribution in [1.29, 1.82) is 0 Å². The summed E-state index contributed by atoms with van der Waals surface area (Å²) in [4.78, 5) is 0. The molecule has 0 atom stereocenters. The first-order valence-electron chi connectivity index (χ1n) is 9.56. The second-order valence-corrected chi connectivity index (χ2v) is 7.56. The highest BCUT2D eigenvalue weighted by Gasteiger charge is 2.30. The lowest BCUT2D eigenvalue weighted by Crippen LogP contribution is -2.27. The minimum Gasteiger partial charge on any atom is -0.502 e. The molecule has 2 fully saturated rings. The third kappa shape index (κ3) is 5.68. The maximum atomic E-state index is 5.38. The lowest BCUT2D eigenvalue weighted by atomic mass is 9.69. The van der Waals surface area contributed by atoms with E-state index in [1.54, 1.807) is 6.26 Å². The van der Waals surface area contributed by atoms with E-state index in [0.717, 1.165) is 30.3 Å². The summed E-state index contributed by atoms with van der Waals surface area (Å²) in [5.74, 6) is 3.94. The molecule has 0 heterocycles. The second-order valence-electron chi connectivity index (χ2n) is 7.56. The van der Waals surface area contributed by atoms with Crippen LogP contribution in [0.25, 0.3) is 0 Å². The van der Waals surface area contributed by atoms with Crippen molar-refractivity contribution in [3.63, 3.8) is 0 Å². The van der Waals surface area contributed by atoms with Crippen LogP contribution in [0.3, 0.4) is 0 Å². The van der Waals surface area contributed by atoms with Gasteiger partial charge < -0.3 is 4.74 Å². The zero-order valence-corrected chi connectivity index (χ0v) is 14.2. The van der Waals surface area contributed by atoms with Gasteiger partial charge in [-0.2, -0.15) is 0 Å². The van der Waals surface area contributed by atoms with Crippen molar-refractivity contribution in [2.45, 2.75) is 84.0 Å². The molecule has 0 aromatic heterocycles. The molecule has 0 aliphatic heterocycles. The minimum absolute atomic E-state index is 0.796. The van der Waals surface area contributed by atoms with Gasteiger partial charge in [-0.15, -0.1) is 0 Å². The summed E-state index contributed by atoms with van der Waals surface area (Å²) >= 11 is 0. The van der Waals surface area contributed by atoms with Gasteiger partial charge in [0.05, 0.1) is 12.9 Å². The van der Waals surface area contributed by atoms with Crippen LogP contribution in [0.1, 0.15) is 84.0 Å². The summed E-state index contributed by atoms with van der Waals surface area (Å²) in [7, 11) is 0. The molecular weight excluding hydrogens is 256 g/mol. The third-order valence-electron chi connectivity index (χ3n) is 6.12. The van der Waals surface area contributed by atoms with Crippen molar-refractivity contribution in [2.75, 3.05) is 6.61 Å². The number of hydrogen-bond donors (Lipinski definition) is 0. The van der Waals surface area contributed by atoms with Crippen molar-refractivity contribution >= 4 is 0 Å². The summed E-state index contributed by atoms with van der Waals surface area (Å²) in [5, 5.41) is 0. The first-order chi connectivity index (χ1) is 10.3. The molecule has 2 aliphatic rings. The Bertz CT molecular complexity index is 270. The lowest BCUT2D eigenvalue weighted by Gasteiger charge is -2.37. The van der Waals surface area contributed by atoms with Crippen molar-refractivity contribution < 1.29 is 4.74 Å². The van der Waals surface area contributed by atoms with Gasteiger partial charge in [0.1, 0.15) is 0 Å². The smallest absolute Gasteiger partial charge is 0.0901 e. The highest BCUT2D eigenvalue weighted by atomic mass is 16.5. The molecule has 2 saturated carbocycles. The fourth-order valence-electron chi connectivity index (χ4n) is 4.66. The van der Waals surface area contributed by atoms with Crippen molar-refractivity contribution in [3.05, 3.63) is 12.8 Å². The van der Waals surface area contributed by atoms with Gasteiger partial charge in [-0.1, -0.05) is 52.0 Å². The van der Waals surface area contributed by atoms with Gasteiger partial charge in [0.15, 0.2) is 0 Å². The van der Waals surface area contributed by atoms with Crippen LogP contribution in [0.5, 0.6) is 0 Å². The fraction of sp³-hybridized carbons (Fsp3) is 0.900. The standard InChI is InChI=1S/C20H36O/c1-3-5-6-7-17-8-12-19(13-9-17)20-14-10-18(11-15-20)16-21-4-2/h4,17-20H,2-3,5-16H2,1H3. The monoisotopic (exact) mass is 292 g/mol.